The van der Waals surface area contributed by atoms with Gasteiger partial charge < -0.3 is 5.32 Å². The Kier molecular flexibility index (Phi) is 5.99. The van der Waals surface area contributed by atoms with Gasteiger partial charge >= 0.3 is 0 Å². The Bertz CT molecular complexity index is 271. The van der Waals surface area contributed by atoms with Crippen molar-refractivity contribution in [3.8, 4) is 0 Å². The van der Waals surface area contributed by atoms with Gasteiger partial charge in [-0.15, -0.1) is 0 Å². The molecule has 0 spiro atoms. The largest absolute Gasteiger partial charge is 0.313 e. The first kappa shape index (κ1) is 13.6. The van der Waals surface area contributed by atoms with Gasteiger partial charge in [-0.25, -0.2) is 13.1 Å². The van der Waals surface area contributed by atoms with E-state index in [4.69, 9.17) is 0 Å². The molecule has 5 heteroatoms. The molecule has 0 radical (unpaired) electrons. The Balaban J connectivity index is 3.79. The standard InChI is InChI=1S/C9H20N2O2S/c1-8(2)7-11-14(12,13)6-5-10-9(3)4/h9-11H,1,5-7H2,2-4H3. The summed E-state index contributed by atoms with van der Waals surface area (Å²) in [4.78, 5) is 0. The molecule has 0 aliphatic rings. The highest BCUT2D eigenvalue weighted by molar-refractivity contribution is 7.89. The van der Waals surface area contributed by atoms with Gasteiger partial charge in [-0.3, -0.25) is 0 Å². The van der Waals surface area contributed by atoms with Crippen molar-refractivity contribution in [1.82, 2.24) is 10.0 Å². The summed E-state index contributed by atoms with van der Waals surface area (Å²) >= 11 is 0. The van der Waals surface area contributed by atoms with E-state index >= 15 is 0 Å². The summed E-state index contributed by atoms with van der Waals surface area (Å²) < 4.78 is 25.1. The molecule has 4 nitrogen and oxygen atoms in total. The van der Waals surface area contributed by atoms with Crippen LogP contribution in [-0.4, -0.2) is 33.3 Å². The summed E-state index contributed by atoms with van der Waals surface area (Å²) in [5.41, 5.74) is 0.811. The van der Waals surface area contributed by atoms with Crippen molar-refractivity contribution in [3.63, 3.8) is 0 Å². The third-order valence-corrected chi connectivity index (χ3v) is 2.84. The summed E-state index contributed by atoms with van der Waals surface area (Å²) in [6.45, 7) is 10.2. The van der Waals surface area contributed by atoms with Crippen LogP contribution in [0.3, 0.4) is 0 Å². The Morgan fingerprint density at radius 2 is 2.00 bits per heavy atom. The number of hydrogen-bond donors (Lipinski definition) is 2. The smallest absolute Gasteiger partial charge is 0.213 e. The molecular weight excluding hydrogens is 200 g/mol. The van der Waals surface area contributed by atoms with Gasteiger partial charge in [-0.1, -0.05) is 26.0 Å². The molecule has 0 aromatic rings. The van der Waals surface area contributed by atoms with Gasteiger partial charge in [0.05, 0.1) is 5.75 Å². The Morgan fingerprint density at radius 1 is 1.43 bits per heavy atom. The number of nitrogens with one attached hydrogen (secondary N) is 2. The zero-order valence-corrected chi connectivity index (χ0v) is 9.95. The van der Waals surface area contributed by atoms with Gasteiger partial charge in [0.1, 0.15) is 0 Å². The van der Waals surface area contributed by atoms with Gasteiger partial charge in [0, 0.05) is 19.1 Å². The second-order valence-electron chi connectivity index (χ2n) is 3.71. The normalized spacial score (nSPS) is 12.0. The first-order chi connectivity index (χ1) is 6.33. The van der Waals surface area contributed by atoms with Crippen molar-refractivity contribution in [1.29, 1.82) is 0 Å². The summed E-state index contributed by atoms with van der Waals surface area (Å²) in [5.74, 6) is 0.110. The van der Waals surface area contributed by atoms with Gasteiger partial charge in [0.25, 0.3) is 0 Å². The predicted molar refractivity (Wildman–Crippen MR) is 59.7 cm³/mol. The fourth-order valence-corrected chi connectivity index (χ4v) is 1.78. The van der Waals surface area contributed by atoms with Crippen LogP contribution in [0.1, 0.15) is 20.8 Å². The highest BCUT2D eigenvalue weighted by Crippen LogP contribution is 1.88. The molecule has 0 aliphatic heterocycles. The summed E-state index contributed by atoms with van der Waals surface area (Å²) in [6, 6.07) is 0.311. The van der Waals surface area contributed by atoms with Gasteiger partial charge in [-0.05, 0) is 6.92 Å². The summed E-state index contributed by atoms with van der Waals surface area (Å²) in [5, 5.41) is 3.05. The first-order valence-corrected chi connectivity index (χ1v) is 6.34. The van der Waals surface area contributed by atoms with Crippen molar-refractivity contribution in [2.75, 3.05) is 18.8 Å². The molecule has 0 heterocycles. The lowest BCUT2D eigenvalue weighted by Crippen LogP contribution is -2.34. The molecule has 0 atom stereocenters. The fourth-order valence-electron chi connectivity index (χ4n) is 0.787. The lowest BCUT2D eigenvalue weighted by Gasteiger charge is -2.09. The fraction of sp³-hybridized carbons (Fsp3) is 0.778. The molecule has 0 unspecified atom stereocenters. The molecule has 0 fully saturated rings. The van der Waals surface area contributed by atoms with Gasteiger partial charge in [0.2, 0.25) is 10.0 Å². The van der Waals surface area contributed by atoms with E-state index in [-0.39, 0.29) is 5.75 Å². The maximum absolute atomic E-state index is 11.3. The van der Waals surface area contributed by atoms with Gasteiger partial charge in [-0.2, -0.15) is 0 Å². The molecule has 0 amide bonds. The second kappa shape index (κ2) is 6.16. The van der Waals surface area contributed by atoms with Crippen molar-refractivity contribution < 1.29 is 8.42 Å². The Labute approximate surface area is 86.8 Å². The molecule has 0 aromatic heterocycles. The molecule has 2 N–H and O–H groups in total. The average Bonchev–Trinajstić information content (AvgIpc) is 2.00. The van der Waals surface area contributed by atoms with Crippen molar-refractivity contribution >= 4 is 10.0 Å². The van der Waals surface area contributed by atoms with E-state index in [9.17, 15) is 8.42 Å². The molecular formula is C9H20N2O2S. The SMILES string of the molecule is C=C(C)CNS(=O)(=O)CCNC(C)C. The van der Waals surface area contributed by atoms with E-state index < -0.39 is 10.0 Å². The lowest BCUT2D eigenvalue weighted by atomic mass is 10.4. The van der Waals surface area contributed by atoms with Crippen molar-refractivity contribution in [3.05, 3.63) is 12.2 Å². The van der Waals surface area contributed by atoms with Crippen LogP contribution in [0.5, 0.6) is 0 Å². The van der Waals surface area contributed by atoms with E-state index in [1.165, 1.54) is 0 Å². The van der Waals surface area contributed by atoms with E-state index in [0.717, 1.165) is 5.57 Å². The van der Waals surface area contributed by atoms with E-state index in [2.05, 4.69) is 16.6 Å². The van der Waals surface area contributed by atoms with E-state index in [1.54, 1.807) is 6.92 Å². The minimum absolute atomic E-state index is 0.110. The molecule has 0 saturated heterocycles. The maximum atomic E-state index is 11.3. The van der Waals surface area contributed by atoms with Crippen LogP contribution in [0.25, 0.3) is 0 Å². The summed E-state index contributed by atoms with van der Waals surface area (Å²) in [6.07, 6.45) is 0. The van der Waals surface area contributed by atoms with E-state index in [0.29, 0.717) is 19.1 Å². The lowest BCUT2D eigenvalue weighted by molar-refractivity contribution is 0.569. The summed E-state index contributed by atoms with van der Waals surface area (Å²) in [7, 11) is -3.15. The Hall–Kier alpha value is -0.390. The number of hydrogen-bond acceptors (Lipinski definition) is 3. The molecule has 0 aliphatic carbocycles. The monoisotopic (exact) mass is 220 g/mol. The molecule has 0 aromatic carbocycles. The minimum Gasteiger partial charge on any atom is -0.313 e. The molecule has 0 saturated carbocycles. The quantitative estimate of drug-likeness (QED) is 0.614. The molecule has 84 valence electrons. The van der Waals surface area contributed by atoms with Gasteiger partial charge in [0.15, 0.2) is 0 Å². The molecule has 0 bridgehead atoms. The Morgan fingerprint density at radius 3 is 2.43 bits per heavy atom. The van der Waals surface area contributed by atoms with Crippen LogP contribution in [0.15, 0.2) is 12.2 Å². The van der Waals surface area contributed by atoms with Crippen LogP contribution >= 0.6 is 0 Å². The highest BCUT2D eigenvalue weighted by Gasteiger charge is 2.08. The van der Waals surface area contributed by atoms with Crippen molar-refractivity contribution in [2.24, 2.45) is 0 Å². The number of sulfonamides is 1. The number of rotatable bonds is 7. The maximum Gasteiger partial charge on any atom is 0.213 e. The topological polar surface area (TPSA) is 58.2 Å². The zero-order chi connectivity index (χ0) is 11.2. The van der Waals surface area contributed by atoms with Crippen LogP contribution < -0.4 is 10.0 Å². The molecule has 0 rings (SSSR count). The van der Waals surface area contributed by atoms with Crippen LogP contribution in [0, 0.1) is 0 Å². The van der Waals surface area contributed by atoms with Crippen LogP contribution in [-0.2, 0) is 10.0 Å². The first-order valence-electron chi connectivity index (χ1n) is 4.68. The third-order valence-electron chi connectivity index (χ3n) is 1.52. The van der Waals surface area contributed by atoms with Crippen LogP contribution in [0.4, 0.5) is 0 Å². The minimum atomic E-state index is -3.15. The van der Waals surface area contributed by atoms with Crippen molar-refractivity contribution in [2.45, 2.75) is 26.8 Å². The third kappa shape index (κ3) is 8.22. The molecule has 14 heavy (non-hydrogen) atoms. The average molecular weight is 220 g/mol. The second-order valence-corrected chi connectivity index (χ2v) is 5.63. The highest BCUT2D eigenvalue weighted by atomic mass is 32.2. The predicted octanol–water partition coefficient (Wildman–Crippen LogP) is 0.480. The zero-order valence-electron chi connectivity index (χ0n) is 9.13. The van der Waals surface area contributed by atoms with Crippen LogP contribution in [0.2, 0.25) is 0 Å². The van der Waals surface area contributed by atoms with E-state index in [1.807, 2.05) is 13.8 Å².